The fourth-order valence-electron chi connectivity index (χ4n) is 3.78. The Hall–Kier alpha value is -3.06. The third-order valence-corrected chi connectivity index (χ3v) is 5.13. The maximum Gasteiger partial charge on any atom is 0.290 e. The van der Waals surface area contributed by atoms with Crippen molar-refractivity contribution < 1.29 is 28.6 Å². The number of carbonyl (C=O) groups is 2. The molecule has 7 heteroatoms. The molecular formula is C21H21NO6. The summed E-state index contributed by atoms with van der Waals surface area (Å²) in [4.78, 5) is 27.4. The van der Waals surface area contributed by atoms with Gasteiger partial charge in [0.15, 0.2) is 11.5 Å². The molecule has 0 saturated carbocycles. The summed E-state index contributed by atoms with van der Waals surface area (Å²) in [5, 5.41) is 10.6. The van der Waals surface area contributed by atoms with Crippen molar-refractivity contribution in [2.45, 2.75) is 25.0 Å². The summed E-state index contributed by atoms with van der Waals surface area (Å²) >= 11 is 0. The number of Topliss-reactive ketones (excluding diaryl/α,β-unsaturated/α-hetero) is 1. The number of furan rings is 1. The quantitative estimate of drug-likeness (QED) is 0.772. The number of aliphatic hydroxyl groups is 1. The van der Waals surface area contributed by atoms with E-state index >= 15 is 0 Å². The number of ether oxygens (including phenoxy) is 2. The molecule has 2 atom stereocenters. The van der Waals surface area contributed by atoms with Crippen LogP contribution in [0, 0.1) is 0 Å². The number of rotatable bonds is 6. The molecule has 0 radical (unpaired) electrons. The van der Waals surface area contributed by atoms with Crippen LogP contribution in [-0.4, -0.2) is 48.1 Å². The number of methoxy groups -OCH3 is 1. The van der Waals surface area contributed by atoms with E-state index in [2.05, 4.69) is 0 Å². The average molecular weight is 383 g/mol. The highest BCUT2D eigenvalue weighted by Gasteiger charge is 2.45. The van der Waals surface area contributed by atoms with Gasteiger partial charge in [0, 0.05) is 13.2 Å². The van der Waals surface area contributed by atoms with Gasteiger partial charge in [-0.05, 0) is 42.7 Å². The molecule has 2 unspecified atom stereocenters. The molecule has 2 aromatic rings. The number of hydrogen-bond acceptors (Lipinski definition) is 6. The van der Waals surface area contributed by atoms with E-state index in [1.165, 1.54) is 17.2 Å². The minimum Gasteiger partial charge on any atom is -0.503 e. The third kappa shape index (κ3) is 3.18. The largest absolute Gasteiger partial charge is 0.503 e. The number of amides is 1. The topological polar surface area (TPSA) is 89.2 Å². The Labute approximate surface area is 162 Å². The molecule has 2 aliphatic rings. The van der Waals surface area contributed by atoms with Crippen LogP contribution in [0.5, 0.6) is 5.75 Å². The Morgan fingerprint density at radius 1 is 1.32 bits per heavy atom. The molecule has 1 amide bonds. The first kappa shape index (κ1) is 18.3. The SMILES string of the molecule is COc1cccc(C2C(C(=O)c3ccco3)=C(O)C(=O)N2CC2CCCO2)c1. The van der Waals surface area contributed by atoms with Gasteiger partial charge in [-0.15, -0.1) is 0 Å². The van der Waals surface area contributed by atoms with E-state index in [1.54, 1.807) is 37.4 Å². The lowest BCUT2D eigenvalue weighted by Crippen LogP contribution is -2.37. The van der Waals surface area contributed by atoms with Crippen LogP contribution < -0.4 is 4.74 Å². The van der Waals surface area contributed by atoms with Gasteiger partial charge in [0.05, 0.1) is 31.1 Å². The molecule has 7 nitrogen and oxygen atoms in total. The zero-order valence-electron chi connectivity index (χ0n) is 15.5. The summed E-state index contributed by atoms with van der Waals surface area (Å²) < 4.78 is 16.2. The maximum atomic E-state index is 13.0. The molecule has 1 aromatic heterocycles. The molecule has 2 aliphatic heterocycles. The van der Waals surface area contributed by atoms with Crippen LogP contribution in [0.1, 0.15) is 35.0 Å². The molecule has 0 aliphatic carbocycles. The van der Waals surface area contributed by atoms with Crippen LogP contribution in [0.3, 0.4) is 0 Å². The summed E-state index contributed by atoms with van der Waals surface area (Å²) in [6.45, 7) is 0.938. The predicted octanol–water partition coefficient (Wildman–Crippen LogP) is 3.05. The Bertz CT molecular complexity index is 911. The van der Waals surface area contributed by atoms with E-state index in [9.17, 15) is 14.7 Å². The summed E-state index contributed by atoms with van der Waals surface area (Å²) in [6, 6.07) is 9.48. The zero-order chi connectivity index (χ0) is 19.7. The highest BCUT2D eigenvalue weighted by molar-refractivity contribution is 6.15. The van der Waals surface area contributed by atoms with Crippen molar-refractivity contribution in [2.75, 3.05) is 20.3 Å². The van der Waals surface area contributed by atoms with E-state index in [0.29, 0.717) is 24.5 Å². The maximum absolute atomic E-state index is 13.0. The minimum atomic E-state index is -0.746. The third-order valence-electron chi connectivity index (χ3n) is 5.13. The second-order valence-electron chi connectivity index (χ2n) is 6.84. The van der Waals surface area contributed by atoms with Crippen molar-refractivity contribution in [2.24, 2.45) is 0 Å². The highest BCUT2D eigenvalue weighted by atomic mass is 16.5. The molecule has 1 saturated heterocycles. The monoisotopic (exact) mass is 383 g/mol. The van der Waals surface area contributed by atoms with E-state index in [0.717, 1.165) is 12.8 Å². The Morgan fingerprint density at radius 3 is 2.86 bits per heavy atom. The Morgan fingerprint density at radius 2 is 2.18 bits per heavy atom. The van der Waals surface area contributed by atoms with Crippen LogP contribution in [0.15, 0.2) is 58.4 Å². The summed E-state index contributed by atoms with van der Waals surface area (Å²) in [6.07, 6.45) is 3.01. The number of nitrogens with zero attached hydrogens (tertiary/aromatic N) is 1. The van der Waals surface area contributed by atoms with Crippen molar-refractivity contribution in [3.05, 3.63) is 65.3 Å². The Balaban J connectivity index is 1.77. The standard InChI is InChI=1S/C21H21NO6/c1-26-14-6-2-5-13(11-14)18-17(19(23)16-8-4-10-28-16)20(24)21(25)22(18)12-15-7-3-9-27-15/h2,4-6,8,10-11,15,18,24H,3,7,9,12H2,1H3. The summed E-state index contributed by atoms with van der Waals surface area (Å²) in [5.74, 6) is -0.983. The van der Waals surface area contributed by atoms with Crippen molar-refractivity contribution >= 4 is 11.7 Å². The normalized spacial score (nSPS) is 22.2. The first-order valence-corrected chi connectivity index (χ1v) is 9.18. The van der Waals surface area contributed by atoms with Gasteiger partial charge in [-0.3, -0.25) is 9.59 Å². The lowest BCUT2D eigenvalue weighted by molar-refractivity contribution is -0.131. The Kier molecular flexibility index (Phi) is 4.92. The van der Waals surface area contributed by atoms with Crippen LogP contribution in [0.25, 0.3) is 0 Å². The predicted molar refractivity (Wildman–Crippen MR) is 99.1 cm³/mol. The van der Waals surface area contributed by atoms with Crippen molar-refractivity contribution in [1.82, 2.24) is 4.90 Å². The average Bonchev–Trinajstić information content (AvgIpc) is 3.46. The molecular weight excluding hydrogens is 362 g/mol. The summed E-state index contributed by atoms with van der Waals surface area (Å²) in [5.41, 5.74) is 0.677. The number of aliphatic hydroxyl groups excluding tert-OH is 1. The molecule has 146 valence electrons. The van der Waals surface area contributed by atoms with Crippen molar-refractivity contribution in [3.63, 3.8) is 0 Å². The van der Waals surface area contributed by atoms with E-state index in [-0.39, 0.29) is 17.4 Å². The lowest BCUT2D eigenvalue weighted by Gasteiger charge is -2.29. The van der Waals surface area contributed by atoms with Crippen molar-refractivity contribution in [3.8, 4) is 5.75 Å². The first-order valence-electron chi connectivity index (χ1n) is 9.18. The zero-order valence-corrected chi connectivity index (χ0v) is 15.5. The van der Waals surface area contributed by atoms with Gasteiger partial charge in [-0.1, -0.05) is 12.1 Å². The second kappa shape index (κ2) is 7.52. The van der Waals surface area contributed by atoms with Crippen LogP contribution >= 0.6 is 0 Å². The number of benzene rings is 1. The van der Waals surface area contributed by atoms with Gasteiger partial charge >= 0.3 is 0 Å². The first-order chi connectivity index (χ1) is 13.6. The molecule has 1 N–H and O–H groups in total. The number of carbonyl (C=O) groups excluding carboxylic acids is 2. The van der Waals surface area contributed by atoms with E-state index in [4.69, 9.17) is 13.9 Å². The fraction of sp³-hybridized carbons (Fsp3) is 0.333. The van der Waals surface area contributed by atoms with Crippen LogP contribution in [0.2, 0.25) is 0 Å². The van der Waals surface area contributed by atoms with Gasteiger partial charge in [0.25, 0.3) is 5.91 Å². The lowest BCUT2D eigenvalue weighted by atomic mass is 9.94. The second-order valence-corrected chi connectivity index (χ2v) is 6.84. The van der Waals surface area contributed by atoms with E-state index < -0.39 is 23.5 Å². The fourth-order valence-corrected chi connectivity index (χ4v) is 3.78. The highest BCUT2D eigenvalue weighted by Crippen LogP contribution is 2.40. The molecule has 4 rings (SSSR count). The van der Waals surface area contributed by atoms with Gasteiger partial charge in [-0.2, -0.15) is 0 Å². The molecule has 0 spiro atoms. The van der Waals surface area contributed by atoms with Gasteiger partial charge in [0.2, 0.25) is 5.78 Å². The molecule has 0 bridgehead atoms. The molecule has 3 heterocycles. The van der Waals surface area contributed by atoms with Crippen LogP contribution in [0.4, 0.5) is 0 Å². The van der Waals surface area contributed by atoms with Gasteiger partial charge in [0.1, 0.15) is 5.75 Å². The number of hydrogen-bond donors (Lipinski definition) is 1. The smallest absolute Gasteiger partial charge is 0.290 e. The number of ketones is 1. The van der Waals surface area contributed by atoms with Crippen molar-refractivity contribution in [1.29, 1.82) is 0 Å². The van der Waals surface area contributed by atoms with Crippen LogP contribution in [-0.2, 0) is 9.53 Å². The molecule has 28 heavy (non-hydrogen) atoms. The molecule has 1 aromatic carbocycles. The molecule has 1 fully saturated rings. The van der Waals surface area contributed by atoms with Gasteiger partial charge < -0.3 is 23.9 Å². The van der Waals surface area contributed by atoms with Gasteiger partial charge in [-0.25, -0.2) is 0 Å². The summed E-state index contributed by atoms with van der Waals surface area (Å²) in [7, 11) is 1.55. The minimum absolute atomic E-state index is 0.00574. The van der Waals surface area contributed by atoms with E-state index in [1.807, 2.05) is 0 Å².